The van der Waals surface area contributed by atoms with Crippen LogP contribution in [0.5, 0.6) is 5.75 Å². The second kappa shape index (κ2) is 10.4. The number of rotatable bonds is 9. The van der Waals surface area contributed by atoms with Crippen molar-refractivity contribution in [3.8, 4) is 5.75 Å². The molecule has 166 valence electrons. The van der Waals surface area contributed by atoms with E-state index in [1.165, 1.54) is 0 Å². The number of aryl methyl sites for hydroxylation is 1. The van der Waals surface area contributed by atoms with Crippen LogP contribution >= 0.6 is 0 Å². The maximum Gasteiger partial charge on any atom is 0.418 e. The van der Waals surface area contributed by atoms with E-state index in [1.807, 2.05) is 30.4 Å². The second-order valence-corrected chi connectivity index (χ2v) is 6.46. The van der Waals surface area contributed by atoms with Crippen molar-refractivity contribution in [2.24, 2.45) is 0 Å². The molecule has 1 N–H and O–H groups in total. The maximum atomic E-state index is 13.1. The lowest BCUT2D eigenvalue weighted by Crippen LogP contribution is -2.23. The standard InChI is InChI=1S/C20H19F3N2O6/c1-13-4-2-5-15(10-13)30-9-3-6-19(27)31-12-18(26)24-17-8-7-14(25(28)29)11-16(17)20(21,22)23/h2,4-5,7-8,10-11H,3,6,9,12H2,1H3,(H,24,26). The highest BCUT2D eigenvalue weighted by molar-refractivity contribution is 5.93. The largest absolute Gasteiger partial charge is 0.494 e. The number of nitro benzene ring substituents is 1. The number of nitrogens with zero attached hydrogens (tertiary/aromatic N) is 1. The van der Waals surface area contributed by atoms with Gasteiger partial charge in [0.05, 0.1) is 22.8 Å². The number of nitrogens with one attached hydrogen (secondary N) is 1. The summed E-state index contributed by atoms with van der Waals surface area (Å²) >= 11 is 0. The number of benzene rings is 2. The first-order valence-electron chi connectivity index (χ1n) is 9.07. The highest BCUT2D eigenvalue weighted by Gasteiger charge is 2.35. The van der Waals surface area contributed by atoms with Crippen LogP contribution in [0.1, 0.15) is 24.0 Å². The normalized spacial score (nSPS) is 11.0. The van der Waals surface area contributed by atoms with Gasteiger partial charge in [0.1, 0.15) is 5.75 Å². The van der Waals surface area contributed by atoms with Crippen LogP contribution in [-0.2, 0) is 20.5 Å². The average molecular weight is 440 g/mol. The molecule has 0 bridgehead atoms. The van der Waals surface area contributed by atoms with Crippen molar-refractivity contribution in [3.63, 3.8) is 0 Å². The summed E-state index contributed by atoms with van der Waals surface area (Å²) in [6, 6.07) is 9.24. The van der Waals surface area contributed by atoms with Crippen LogP contribution < -0.4 is 10.1 Å². The van der Waals surface area contributed by atoms with Gasteiger partial charge in [-0.25, -0.2) is 0 Å². The van der Waals surface area contributed by atoms with E-state index in [0.29, 0.717) is 18.2 Å². The lowest BCUT2D eigenvalue weighted by molar-refractivity contribution is -0.385. The minimum atomic E-state index is -4.93. The number of carbonyl (C=O) groups is 2. The molecule has 0 atom stereocenters. The zero-order valence-corrected chi connectivity index (χ0v) is 16.4. The first-order chi connectivity index (χ1) is 14.6. The Bertz CT molecular complexity index is 962. The fraction of sp³-hybridized carbons (Fsp3) is 0.300. The number of hydrogen-bond acceptors (Lipinski definition) is 6. The van der Waals surface area contributed by atoms with Gasteiger partial charge in [0.15, 0.2) is 6.61 Å². The Morgan fingerprint density at radius 2 is 1.90 bits per heavy atom. The van der Waals surface area contributed by atoms with E-state index in [-0.39, 0.29) is 13.0 Å². The van der Waals surface area contributed by atoms with E-state index < -0.39 is 46.5 Å². The molecule has 0 saturated heterocycles. The molecule has 0 unspecified atom stereocenters. The molecule has 2 aromatic rings. The number of ether oxygens (including phenoxy) is 2. The Balaban J connectivity index is 1.81. The zero-order chi connectivity index (χ0) is 23.0. The predicted molar refractivity (Wildman–Crippen MR) is 104 cm³/mol. The molecule has 0 spiro atoms. The third-order valence-electron chi connectivity index (χ3n) is 3.94. The molecule has 0 heterocycles. The first-order valence-corrected chi connectivity index (χ1v) is 9.07. The molecular weight excluding hydrogens is 421 g/mol. The van der Waals surface area contributed by atoms with Crippen LogP contribution in [-0.4, -0.2) is 30.0 Å². The average Bonchev–Trinajstić information content (AvgIpc) is 2.69. The van der Waals surface area contributed by atoms with Gasteiger partial charge in [-0.05, 0) is 37.1 Å². The monoisotopic (exact) mass is 440 g/mol. The lowest BCUT2D eigenvalue weighted by Gasteiger charge is -2.13. The molecule has 0 aromatic heterocycles. The van der Waals surface area contributed by atoms with Gasteiger partial charge in [-0.15, -0.1) is 0 Å². The summed E-state index contributed by atoms with van der Waals surface area (Å²) in [4.78, 5) is 33.2. The number of carbonyl (C=O) groups excluding carboxylic acids is 2. The molecule has 11 heteroatoms. The van der Waals surface area contributed by atoms with Crippen LogP contribution in [0.3, 0.4) is 0 Å². The topological polar surface area (TPSA) is 108 Å². The van der Waals surface area contributed by atoms with Gasteiger partial charge in [0.25, 0.3) is 11.6 Å². The third-order valence-corrected chi connectivity index (χ3v) is 3.94. The number of hydrogen-bond donors (Lipinski definition) is 1. The number of amides is 1. The second-order valence-electron chi connectivity index (χ2n) is 6.46. The Kier molecular flexibility index (Phi) is 7.94. The molecule has 31 heavy (non-hydrogen) atoms. The van der Waals surface area contributed by atoms with Crippen LogP contribution in [0.15, 0.2) is 42.5 Å². The van der Waals surface area contributed by atoms with Gasteiger partial charge in [0.2, 0.25) is 0 Å². The van der Waals surface area contributed by atoms with Gasteiger partial charge in [-0.1, -0.05) is 12.1 Å². The summed E-state index contributed by atoms with van der Waals surface area (Å²) in [5.74, 6) is -1.08. The van der Waals surface area contributed by atoms with E-state index in [4.69, 9.17) is 9.47 Å². The number of anilines is 1. The van der Waals surface area contributed by atoms with Gasteiger partial charge >= 0.3 is 12.1 Å². The van der Waals surface area contributed by atoms with Gasteiger partial charge in [0, 0.05) is 18.6 Å². The van der Waals surface area contributed by atoms with Crippen molar-refractivity contribution >= 4 is 23.3 Å². The third kappa shape index (κ3) is 7.61. The number of halogens is 3. The summed E-state index contributed by atoms with van der Waals surface area (Å²) in [6.45, 7) is 1.35. The highest BCUT2D eigenvalue weighted by atomic mass is 19.4. The quantitative estimate of drug-likeness (QED) is 0.270. The van der Waals surface area contributed by atoms with Gasteiger partial charge in [-0.3, -0.25) is 19.7 Å². The van der Waals surface area contributed by atoms with Crippen LogP contribution in [0.25, 0.3) is 0 Å². The molecule has 2 rings (SSSR count). The zero-order valence-electron chi connectivity index (χ0n) is 16.4. The molecule has 0 radical (unpaired) electrons. The van der Waals surface area contributed by atoms with Crippen molar-refractivity contribution in [1.29, 1.82) is 0 Å². The number of alkyl halides is 3. The molecule has 0 saturated carbocycles. The fourth-order valence-corrected chi connectivity index (χ4v) is 2.51. The number of esters is 1. The van der Waals surface area contributed by atoms with Crippen LogP contribution in [0.2, 0.25) is 0 Å². The van der Waals surface area contributed by atoms with E-state index in [1.54, 1.807) is 6.07 Å². The molecule has 0 fully saturated rings. The maximum absolute atomic E-state index is 13.1. The predicted octanol–water partition coefficient (Wildman–Crippen LogP) is 4.26. The molecular formula is C20H19F3N2O6. The summed E-state index contributed by atoms with van der Waals surface area (Å²) < 4.78 is 49.5. The fourth-order valence-electron chi connectivity index (χ4n) is 2.51. The number of nitro groups is 1. The Morgan fingerprint density at radius 3 is 2.55 bits per heavy atom. The van der Waals surface area contributed by atoms with E-state index >= 15 is 0 Å². The summed E-state index contributed by atoms with van der Waals surface area (Å²) in [6.07, 6.45) is -4.66. The first kappa shape index (κ1) is 23.6. The van der Waals surface area contributed by atoms with Crippen LogP contribution in [0, 0.1) is 17.0 Å². The van der Waals surface area contributed by atoms with E-state index in [0.717, 1.165) is 17.7 Å². The van der Waals surface area contributed by atoms with Crippen molar-refractivity contribution < 1.29 is 37.2 Å². The van der Waals surface area contributed by atoms with E-state index in [9.17, 15) is 32.9 Å². The van der Waals surface area contributed by atoms with Crippen molar-refractivity contribution in [2.45, 2.75) is 25.9 Å². The molecule has 0 aliphatic rings. The van der Waals surface area contributed by atoms with Gasteiger partial charge < -0.3 is 14.8 Å². The lowest BCUT2D eigenvalue weighted by atomic mass is 10.1. The SMILES string of the molecule is Cc1cccc(OCCCC(=O)OCC(=O)Nc2ccc([N+](=O)[O-])cc2C(F)(F)F)c1. The van der Waals surface area contributed by atoms with Crippen LogP contribution in [0.4, 0.5) is 24.5 Å². The summed E-state index contributed by atoms with van der Waals surface area (Å²) in [5.41, 5.74) is -1.81. The minimum Gasteiger partial charge on any atom is -0.494 e. The van der Waals surface area contributed by atoms with Crippen molar-refractivity contribution in [1.82, 2.24) is 0 Å². The van der Waals surface area contributed by atoms with Crippen molar-refractivity contribution in [2.75, 3.05) is 18.5 Å². The highest BCUT2D eigenvalue weighted by Crippen LogP contribution is 2.37. The van der Waals surface area contributed by atoms with E-state index in [2.05, 4.69) is 0 Å². The smallest absolute Gasteiger partial charge is 0.418 e. The van der Waals surface area contributed by atoms with Gasteiger partial charge in [-0.2, -0.15) is 13.2 Å². The molecule has 0 aliphatic carbocycles. The Labute approximate surface area is 175 Å². The van der Waals surface area contributed by atoms with Crippen molar-refractivity contribution in [3.05, 3.63) is 63.7 Å². The summed E-state index contributed by atoms with van der Waals surface area (Å²) in [5, 5.41) is 12.6. The number of non-ortho nitro benzene ring substituents is 1. The molecule has 0 aliphatic heterocycles. The summed E-state index contributed by atoms with van der Waals surface area (Å²) in [7, 11) is 0. The molecule has 8 nitrogen and oxygen atoms in total. The Morgan fingerprint density at radius 1 is 1.16 bits per heavy atom. The minimum absolute atomic E-state index is 0.0512. The molecule has 1 amide bonds. The molecule has 2 aromatic carbocycles. The Hall–Kier alpha value is -3.63.